The Balaban J connectivity index is 1.48. The number of piperidine rings is 1. The molecule has 1 fully saturated rings. The van der Waals surface area contributed by atoms with Gasteiger partial charge >= 0.3 is 0 Å². The summed E-state index contributed by atoms with van der Waals surface area (Å²) in [4.78, 5) is 32.8. The molecule has 5 rings (SSSR count). The summed E-state index contributed by atoms with van der Waals surface area (Å²) in [6, 6.07) is 7.70. The van der Waals surface area contributed by atoms with Crippen LogP contribution in [-0.2, 0) is 0 Å². The molecule has 0 spiro atoms. The zero-order valence-corrected chi connectivity index (χ0v) is 18.1. The number of hydrogen-bond donors (Lipinski definition) is 0. The molecule has 0 unspecified atom stereocenters. The predicted molar refractivity (Wildman–Crippen MR) is 116 cm³/mol. The molecule has 1 aliphatic rings. The summed E-state index contributed by atoms with van der Waals surface area (Å²) in [5.74, 6) is -1.82. The van der Waals surface area contributed by atoms with Crippen LogP contribution in [0.5, 0.6) is 0 Å². The Bertz CT molecular complexity index is 1340. The van der Waals surface area contributed by atoms with Crippen molar-refractivity contribution in [3.05, 3.63) is 71.6 Å². The first kappa shape index (κ1) is 21.1. The van der Waals surface area contributed by atoms with Gasteiger partial charge in [-0.15, -0.1) is 0 Å². The average molecular weight is 449 g/mol. The van der Waals surface area contributed by atoms with Crippen molar-refractivity contribution in [3.63, 3.8) is 0 Å². The molecule has 4 aromatic rings. The Morgan fingerprint density at radius 2 is 1.88 bits per heavy atom. The van der Waals surface area contributed by atoms with E-state index in [0.717, 1.165) is 6.07 Å². The van der Waals surface area contributed by atoms with E-state index in [1.807, 2.05) is 19.9 Å². The third-order valence-electron chi connectivity index (χ3n) is 6.00. The molecule has 1 aromatic carbocycles. The maximum Gasteiger partial charge on any atom is 0.273 e. The molecule has 0 radical (unpaired) electrons. The number of halogens is 2. The minimum absolute atomic E-state index is 0.0424. The van der Waals surface area contributed by atoms with Gasteiger partial charge < -0.3 is 9.32 Å². The summed E-state index contributed by atoms with van der Waals surface area (Å²) in [6.45, 7) is 4.12. The van der Waals surface area contributed by atoms with Crippen LogP contribution in [0, 0.1) is 18.6 Å². The van der Waals surface area contributed by atoms with Crippen LogP contribution in [0.25, 0.3) is 22.5 Å². The molecule has 1 amide bonds. The number of rotatable bonds is 3. The lowest BCUT2D eigenvalue weighted by Crippen LogP contribution is -2.45. The first-order valence-electron chi connectivity index (χ1n) is 10.7. The Labute approximate surface area is 188 Å². The second kappa shape index (κ2) is 8.31. The quantitative estimate of drug-likeness (QED) is 0.452. The van der Waals surface area contributed by atoms with Crippen LogP contribution in [0.15, 0.2) is 47.1 Å². The van der Waals surface area contributed by atoms with E-state index in [1.54, 1.807) is 29.4 Å². The summed E-state index contributed by atoms with van der Waals surface area (Å²) in [5.41, 5.74) is 1.59. The second-order valence-corrected chi connectivity index (χ2v) is 8.26. The van der Waals surface area contributed by atoms with E-state index in [-0.39, 0.29) is 34.7 Å². The Kier molecular flexibility index (Phi) is 5.32. The zero-order chi connectivity index (χ0) is 23.1. The van der Waals surface area contributed by atoms with Gasteiger partial charge in [0.25, 0.3) is 5.91 Å². The molecule has 168 valence electrons. The van der Waals surface area contributed by atoms with Crippen LogP contribution in [-0.4, -0.2) is 43.3 Å². The van der Waals surface area contributed by atoms with E-state index in [1.165, 1.54) is 6.07 Å². The molecular formula is C24H21F2N5O2. The number of nitrogens with zero attached hydrogens (tertiary/aromatic N) is 5. The van der Waals surface area contributed by atoms with Gasteiger partial charge in [0.2, 0.25) is 11.7 Å². The van der Waals surface area contributed by atoms with Gasteiger partial charge in [-0.1, -0.05) is 0 Å². The highest BCUT2D eigenvalue weighted by Gasteiger charge is 2.35. The number of oxazole rings is 1. The molecular weight excluding hydrogens is 428 g/mol. The van der Waals surface area contributed by atoms with Crippen LogP contribution in [0.1, 0.15) is 47.8 Å². The van der Waals surface area contributed by atoms with Crippen molar-refractivity contribution in [1.29, 1.82) is 0 Å². The zero-order valence-electron chi connectivity index (χ0n) is 18.1. The Morgan fingerprint density at radius 1 is 1.09 bits per heavy atom. The molecule has 4 heterocycles. The fourth-order valence-electron chi connectivity index (χ4n) is 4.19. The summed E-state index contributed by atoms with van der Waals surface area (Å²) < 4.78 is 33.3. The lowest BCUT2D eigenvalue weighted by molar-refractivity contribution is 0.0592. The topological polar surface area (TPSA) is 85.0 Å². The van der Waals surface area contributed by atoms with Crippen LogP contribution in [0.2, 0.25) is 0 Å². The smallest absolute Gasteiger partial charge is 0.273 e. The van der Waals surface area contributed by atoms with Crippen LogP contribution in [0.3, 0.4) is 0 Å². The van der Waals surface area contributed by atoms with Gasteiger partial charge in [0.05, 0.1) is 11.5 Å². The number of benzene rings is 1. The number of aromatic nitrogens is 4. The Hall–Kier alpha value is -3.75. The lowest BCUT2D eigenvalue weighted by atomic mass is 9.92. The minimum atomic E-state index is -1.06. The van der Waals surface area contributed by atoms with Crippen LogP contribution in [0.4, 0.5) is 8.78 Å². The molecule has 0 bridgehead atoms. The molecule has 0 aliphatic carbocycles. The third kappa shape index (κ3) is 3.83. The van der Waals surface area contributed by atoms with E-state index in [2.05, 4.69) is 19.9 Å². The molecule has 9 heteroatoms. The molecule has 3 aromatic heterocycles. The predicted octanol–water partition coefficient (Wildman–Crippen LogP) is 4.67. The molecule has 0 saturated carbocycles. The average Bonchev–Trinajstić information content (AvgIpc) is 3.27. The molecule has 7 nitrogen and oxygen atoms in total. The number of fused-ring (bicyclic) bond motifs is 1. The minimum Gasteiger partial charge on any atom is -0.437 e. The maximum atomic E-state index is 14.1. The Morgan fingerprint density at radius 3 is 2.67 bits per heavy atom. The summed E-state index contributed by atoms with van der Waals surface area (Å²) in [7, 11) is 0. The highest BCUT2D eigenvalue weighted by atomic mass is 19.2. The largest absolute Gasteiger partial charge is 0.437 e. The van der Waals surface area contributed by atoms with Gasteiger partial charge in [-0.2, -0.15) is 4.39 Å². The van der Waals surface area contributed by atoms with Crippen molar-refractivity contribution >= 4 is 17.0 Å². The number of aryl methyl sites for hydroxylation is 1. The third-order valence-corrected chi connectivity index (χ3v) is 6.00. The standard InChI is InChI=1S/C24H21F2N5O2/c1-13-4-7-16(22-27-10-3-11-28-22)20(29-13)24(32)31-12-15(6-5-14(31)2)23-30-18-9-8-17(25)19(26)21(18)33-23/h3-4,7-11,14-15H,5-6,12H2,1-2H3/t14-,15-/m1/s1. The SMILES string of the molecule is Cc1ccc(-c2ncccn2)c(C(=O)N2C[C@H](c3nc4ccc(F)c(F)c4o3)CC[C@H]2C)n1. The molecule has 0 N–H and O–H groups in total. The monoisotopic (exact) mass is 449 g/mol. The summed E-state index contributed by atoms with van der Waals surface area (Å²) in [6.07, 6.45) is 4.64. The number of amides is 1. The van der Waals surface area contributed by atoms with E-state index in [9.17, 15) is 13.6 Å². The van der Waals surface area contributed by atoms with Gasteiger partial charge in [-0.3, -0.25) is 4.79 Å². The molecule has 1 aliphatic heterocycles. The van der Waals surface area contributed by atoms with Gasteiger partial charge in [0.15, 0.2) is 17.2 Å². The van der Waals surface area contributed by atoms with Crippen LogP contribution < -0.4 is 0 Å². The van der Waals surface area contributed by atoms with E-state index >= 15 is 0 Å². The highest BCUT2D eigenvalue weighted by molar-refractivity contribution is 5.98. The van der Waals surface area contributed by atoms with Crippen molar-refractivity contribution < 1.29 is 18.0 Å². The second-order valence-electron chi connectivity index (χ2n) is 8.26. The fourth-order valence-corrected chi connectivity index (χ4v) is 4.19. The van der Waals surface area contributed by atoms with Crippen molar-refractivity contribution in [2.75, 3.05) is 6.54 Å². The van der Waals surface area contributed by atoms with Gasteiger partial charge in [-0.05, 0) is 57.0 Å². The number of hydrogen-bond acceptors (Lipinski definition) is 6. The van der Waals surface area contributed by atoms with E-state index < -0.39 is 11.6 Å². The highest BCUT2D eigenvalue weighted by Crippen LogP contribution is 2.34. The van der Waals surface area contributed by atoms with Gasteiger partial charge in [-0.25, -0.2) is 24.3 Å². The van der Waals surface area contributed by atoms with Crippen molar-refractivity contribution in [3.8, 4) is 11.4 Å². The number of carbonyl (C=O) groups is 1. The number of likely N-dealkylation sites (tertiary alicyclic amines) is 1. The first-order valence-corrected chi connectivity index (χ1v) is 10.7. The van der Waals surface area contributed by atoms with Gasteiger partial charge in [0, 0.05) is 30.7 Å². The molecule has 2 atom stereocenters. The molecule has 33 heavy (non-hydrogen) atoms. The number of pyridine rings is 1. The van der Waals surface area contributed by atoms with E-state index in [4.69, 9.17) is 4.42 Å². The summed E-state index contributed by atoms with van der Waals surface area (Å²) >= 11 is 0. The molecule has 1 saturated heterocycles. The van der Waals surface area contributed by atoms with Crippen molar-refractivity contribution in [2.24, 2.45) is 0 Å². The summed E-state index contributed by atoms with van der Waals surface area (Å²) in [5, 5.41) is 0. The van der Waals surface area contributed by atoms with Crippen molar-refractivity contribution in [2.45, 2.75) is 38.6 Å². The van der Waals surface area contributed by atoms with E-state index in [0.29, 0.717) is 42.4 Å². The normalized spacial score (nSPS) is 18.6. The van der Waals surface area contributed by atoms with Gasteiger partial charge in [0.1, 0.15) is 11.2 Å². The lowest BCUT2D eigenvalue weighted by Gasteiger charge is -2.37. The fraction of sp³-hybridized carbons (Fsp3) is 0.292. The maximum absolute atomic E-state index is 14.1. The number of carbonyl (C=O) groups excluding carboxylic acids is 1. The van der Waals surface area contributed by atoms with Crippen molar-refractivity contribution in [1.82, 2.24) is 24.8 Å². The van der Waals surface area contributed by atoms with Crippen LogP contribution >= 0.6 is 0 Å². The first-order chi connectivity index (χ1) is 15.9.